The van der Waals surface area contributed by atoms with Gasteiger partial charge in [-0.2, -0.15) is 0 Å². The molecule has 0 aliphatic heterocycles. The molecule has 236 valence electrons. The fourth-order valence-corrected chi connectivity index (χ4v) is 6.40. The molecule has 0 unspecified atom stereocenters. The number of carbonyl (C=O) groups excluding carboxylic acids is 2. The number of sulfonamides is 1. The van der Waals surface area contributed by atoms with Crippen molar-refractivity contribution in [1.82, 2.24) is 10.2 Å². The van der Waals surface area contributed by atoms with E-state index in [9.17, 15) is 18.0 Å². The number of nitrogens with zero attached hydrogens (tertiary/aromatic N) is 2. The van der Waals surface area contributed by atoms with Crippen LogP contribution in [0.15, 0.2) is 108 Å². The highest BCUT2D eigenvalue weighted by molar-refractivity contribution is 7.92. The average molecular weight is 646 g/mol. The van der Waals surface area contributed by atoms with Crippen LogP contribution in [0.1, 0.15) is 42.5 Å². The number of rotatable bonds is 13. The van der Waals surface area contributed by atoms with Gasteiger partial charge in [0.25, 0.3) is 10.0 Å². The molecule has 9 heteroatoms. The van der Waals surface area contributed by atoms with Gasteiger partial charge in [-0.1, -0.05) is 96.4 Å². The Morgan fingerprint density at radius 1 is 0.800 bits per heavy atom. The molecule has 7 nitrogen and oxygen atoms in total. The van der Waals surface area contributed by atoms with Crippen molar-refractivity contribution in [2.75, 3.05) is 10.8 Å². The van der Waals surface area contributed by atoms with Gasteiger partial charge in [0, 0.05) is 24.0 Å². The molecule has 0 saturated heterocycles. The molecule has 0 bridgehead atoms. The monoisotopic (exact) mass is 645 g/mol. The lowest BCUT2D eigenvalue weighted by atomic mass is 10.0. The fraction of sp³-hybridized carbons (Fsp3) is 0.278. The lowest BCUT2D eigenvalue weighted by molar-refractivity contribution is -0.140. The minimum absolute atomic E-state index is 0.0704. The van der Waals surface area contributed by atoms with E-state index < -0.39 is 28.5 Å². The van der Waals surface area contributed by atoms with Crippen LogP contribution in [0, 0.1) is 13.8 Å². The van der Waals surface area contributed by atoms with Crippen LogP contribution in [0.5, 0.6) is 0 Å². The zero-order chi connectivity index (χ0) is 32.6. The van der Waals surface area contributed by atoms with Crippen LogP contribution in [0.3, 0.4) is 0 Å². The van der Waals surface area contributed by atoms with Gasteiger partial charge < -0.3 is 10.2 Å². The first-order valence-electron chi connectivity index (χ1n) is 15.0. The first-order valence-corrected chi connectivity index (χ1v) is 16.8. The summed E-state index contributed by atoms with van der Waals surface area (Å²) in [5.74, 6) is -0.819. The van der Waals surface area contributed by atoms with Crippen LogP contribution in [0.4, 0.5) is 5.69 Å². The van der Waals surface area contributed by atoms with Crippen molar-refractivity contribution in [3.63, 3.8) is 0 Å². The molecule has 0 aliphatic carbocycles. The minimum atomic E-state index is -4.15. The fourth-order valence-electron chi connectivity index (χ4n) is 4.86. The summed E-state index contributed by atoms with van der Waals surface area (Å²) in [6, 6.07) is 29.0. The second-order valence-corrected chi connectivity index (χ2v) is 13.6. The smallest absolute Gasteiger partial charge is 0.264 e. The number of aryl methyl sites for hydroxylation is 2. The van der Waals surface area contributed by atoms with Gasteiger partial charge in [0.1, 0.15) is 12.6 Å². The van der Waals surface area contributed by atoms with E-state index in [4.69, 9.17) is 11.6 Å². The van der Waals surface area contributed by atoms with Crippen molar-refractivity contribution in [1.29, 1.82) is 0 Å². The van der Waals surface area contributed by atoms with Crippen LogP contribution >= 0.6 is 11.6 Å². The summed E-state index contributed by atoms with van der Waals surface area (Å²) in [5, 5.41) is 3.59. The molecule has 0 spiro atoms. The first kappa shape index (κ1) is 33.7. The van der Waals surface area contributed by atoms with E-state index in [2.05, 4.69) is 5.32 Å². The molecule has 45 heavy (non-hydrogen) atoms. The molecule has 4 aromatic rings. The second kappa shape index (κ2) is 15.2. The molecule has 4 aromatic carbocycles. The van der Waals surface area contributed by atoms with Crippen molar-refractivity contribution >= 4 is 39.1 Å². The average Bonchev–Trinajstić information content (AvgIpc) is 3.03. The predicted molar refractivity (Wildman–Crippen MR) is 181 cm³/mol. The van der Waals surface area contributed by atoms with Crippen molar-refractivity contribution in [2.24, 2.45) is 0 Å². The Morgan fingerprint density at radius 3 is 1.96 bits per heavy atom. The van der Waals surface area contributed by atoms with E-state index in [1.165, 1.54) is 4.90 Å². The standard InChI is InChI=1S/C36H40ClN3O4S/c1-5-28(4)38-36(42)34(23-29-9-7-6-8-10-29)39(24-30-15-17-31(37)18-16-30)35(41)25-40(32-19-11-26(2)12-20-32)45(43,44)33-21-13-27(3)14-22-33/h6-22,28,34H,5,23-25H2,1-4H3,(H,38,42)/t28-,34+/m0/s1. The molecular weight excluding hydrogens is 606 g/mol. The molecule has 0 saturated carbocycles. The van der Waals surface area contributed by atoms with Gasteiger partial charge >= 0.3 is 0 Å². The SMILES string of the molecule is CC[C@H](C)NC(=O)[C@@H](Cc1ccccc1)N(Cc1ccc(Cl)cc1)C(=O)CN(c1ccc(C)cc1)S(=O)(=O)c1ccc(C)cc1. The molecule has 2 atom stereocenters. The number of carbonyl (C=O) groups is 2. The Hall–Kier alpha value is -4.14. The lowest BCUT2D eigenvalue weighted by Crippen LogP contribution is -2.54. The van der Waals surface area contributed by atoms with Crippen LogP contribution < -0.4 is 9.62 Å². The maximum atomic E-state index is 14.5. The van der Waals surface area contributed by atoms with Crippen molar-refractivity contribution in [3.8, 4) is 0 Å². The zero-order valence-corrected chi connectivity index (χ0v) is 27.7. The third kappa shape index (κ3) is 8.96. The number of benzene rings is 4. The number of hydrogen-bond acceptors (Lipinski definition) is 4. The molecule has 0 aliphatic rings. The van der Waals surface area contributed by atoms with E-state index in [1.54, 1.807) is 72.8 Å². The zero-order valence-electron chi connectivity index (χ0n) is 26.1. The number of anilines is 1. The third-order valence-electron chi connectivity index (χ3n) is 7.75. The summed E-state index contributed by atoms with van der Waals surface area (Å²) in [5.41, 5.74) is 3.84. The number of hydrogen-bond donors (Lipinski definition) is 1. The summed E-state index contributed by atoms with van der Waals surface area (Å²) in [6.45, 7) is 7.25. The maximum absolute atomic E-state index is 14.5. The normalized spacial score (nSPS) is 12.6. The number of halogens is 1. The van der Waals surface area contributed by atoms with Crippen LogP contribution in [0.25, 0.3) is 0 Å². The Kier molecular flexibility index (Phi) is 11.4. The molecule has 0 radical (unpaired) electrons. The predicted octanol–water partition coefficient (Wildman–Crippen LogP) is 6.71. The van der Waals surface area contributed by atoms with Crippen LogP contribution in [0.2, 0.25) is 5.02 Å². The van der Waals surface area contributed by atoms with E-state index >= 15 is 0 Å². The summed E-state index contributed by atoms with van der Waals surface area (Å²) < 4.78 is 29.4. The summed E-state index contributed by atoms with van der Waals surface area (Å²) in [6.07, 6.45) is 0.961. The molecule has 0 heterocycles. The van der Waals surface area contributed by atoms with Gasteiger partial charge in [-0.3, -0.25) is 13.9 Å². The Labute approximate surface area is 271 Å². The van der Waals surface area contributed by atoms with Gasteiger partial charge in [0.05, 0.1) is 10.6 Å². The van der Waals surface area contributed by atoms with Gasteiger partial charge in [-0.05, 0) is 74.7 Å². The first-order chi connectivity index (χ1) is 21.5. The van der Waals surface area contributed by atoms with Gasteiger partial charge in [0.15, 0.2) is 0 Å². The highest BCUT2D eigenvalue weighted by Gasteiger charge is 2.35. The number of amides is 2. The summed E-state index contributed by atoms with van der Waals surface area (Å²) >= 11 is 6.15. The minimum Gasteiger partial charge on any atom is -0.352 e. The second-order valence-electron chi connectivity index (χ2n) is 11.3. The van der Waals surface area contributed by atoms with E-state index in [0.29, 0.717) is 17.1 Å². The Balaban J connectivity index is 1.80. The maximum Gasteiger partial charge on any atom is 0.264 e. The molecule has 0 aromatic heterocycles. The van der Waals surface area contributed by atoms with Gasteiger partial charge in [-0.15, -0.1) is 0 Å². The lowest BCUT2D eigenvalue weighted by Gasteiger charge is -2.34. The Morgan fingerprint density at radius 2 is 1.38 bits per heavy atom. The Bertz CT molecular complexity index is 1680. The molecule has 2 amide bonds. The van der Waals surface area contributed by atoms with Crippen molar-refractivity contribution in [2.45, 2.75) is 64.1 Å². The largest absolute Gasteiger partial charge is 0.352 e. The van der Waals surface area contributed by atoms with Gasteiger partial charge in [0.2, 0.25) is 11.8 Å². The van der Waals surface area contributed by atoms with E-state index in [1.807, 2.05) is 58.0 Å². The molecule has 4 rings (SSSR count). The highest BCUT2D eigenvalue weighted by Crippen LogP contribution is 2.26. The summed E-state index contributed by atoms with van der Waals surface area (Å²) in [4.78, 5) is 30.0. The third-order valence-corrected chi connectivity index (χ3v) is 9.79. The highest BCUT2D eigenvalue weighted by atomic mass is 35.5. The molecular formula is C36H40ClN3O4S. The van der Waals surface area contributed by atoms with Crippen molar-refractivity contribution < 1.29 is 18.0 Å². The van der Waals surface area contributed by atoms with E-state index in [0.717, 1.165) is 26.6 Å². The molecule has 0 fully saturated rings. The van der Waals surface area contributed by atoms with Gasteiger partial charge in [-0.25, -0.2) is 8.42 Å². The summed E-state index contributed by atoms with van der Waals surface area (Å²) in [7, 11) is -4.15. The van der Waals surface area contributed by atoms with E-state index in [-0.39, 0.29) is 29.8 Å². The van der Waals surface area contributed by atoms with Crippen LogP contribution in [-0.2, 0) is 32.6 Å². The quantitative estimate of drug-likeness (QED) is 0.175. The van der Waals surface area contributed by atoms with Crippen LogP contribution in [-0.4, -0.2) is 43.8 Å². The van der Waals surface area contributed by atoms with Crippen molar-refractivity contribution in [3.05, 3.63) is 130 Å². The molecule has 1 N–H and O–H groups in total. The number of nitrogens with one attached hydrogen (secondary N) is 1. The topological polar surface area (TPSA) is 86.8 Å².